The van der Waals surface area contributed by atoms with Crippen molar-refractivity contribution in [3.63, 3.8) is 0 Å². The highest BCUT2D eigenvalue weighted by atomic mass is 79.9. The van der Waals surface area contributed by atoms with Gasteiger partial charge in [0.15, 0.2) is 11.5 Å². The van der Waals surface area contributed by atoms with Crippen molar-refractivity contribution in [1.82, 2.24) is 10.7 Å². The molecule has 0 bridgehead atoms. The van der Waals surface area contributed by atoms with Crippen molar-refractivity contribution in [3.05, 3.63) is 22.2 Å². The van der Waals surface area contributed by atoms with E-state index in [2.05, 4.69) is 31.8 Å². The minimum absolute atomic E-state index is 0.185. The number of fused-ring (bicyclic) bond motifs is 1. The predicted molar refractivity (Wildman–Crippen MR) is 88.5 cm³/mol. The van der Waals surface area contributed by atoms with Gasteiger partial charge in [0.2, 0.25) is 18.6 Å². The molecule has 124 valence electrons. The highest BCUT2D eigenvalue weighted by molar-refractivity contribution is 9.10. The van der Waals surface area contributed by atoms with Gasteiger partial charge < -0.3 is 14.8 Å². The highest BCUT2D eigenvalue weighted by Crippen LogP contribution is 2.36. The van der Waals surface area contributed by atoms with Crippen LogP contribution in [-0.2, 0) is 9.59 Å². The first kappa shape index (κ1) is 17.3. The monoisotopic (exact) mass is 383 g/mol. The Bertz CT molecular complexity index is 631. The Hall–Kier alpha value is -2.09. The fourth-order valence-electron chi connectivity index (χ4n) is 1.77. The van der Waals surface area contributed by atoms with E-state index in [9.17, 15) is 9.59 Å². The van der Waals surface area contributed by atoms with Crippen molar-refractivity contribution < 1.29 is 19.1 Å². The van der Waals surface area contributed by atoms with Crippen LogP contribution in [-0.4, -0.2) is 31.4 Å². The predicted octanol–water partition coefficient (Wildman–Crippen LogP) is 1.79. The van der Waals surface area contributed by atoms with Crippen molar-refractivity contribution >= 4 is 34.0 Å². The summed E-state index contributed by atoms with van der Waals surface area (Å²) in [5.41, 5.74) is 3.04. The second-order valence-corrected chi connectivity index (χ2v) is 6.25. The van der Waals surface area contributed by atoms with Crippen LogP contribution in [0.1, 0.15) is 25.8 Å². The number of benzene rings is 1. The largest absolute Gasteiger partial charge is 0.454 e. The van der Waals surface area contributed by atoms with Crippen molar-refractivity contribution in [2.75, 3.05) is 13.3 Å². The molecule has 1 aromatic carbocycles. The molecule has 0 unspecified atom stereocenters. The van der Waals surface area contributed by atoms with Crippen molar-refractivity contribution in [2.24, 2.45) is 11.0 Å². The van der Waals surface area contributed by atoms with Gasteiger partial charge >= 0.3 is 0 Å². The van der Waals surface area contributed by atoms with Crippen LogP contribution in [0.2, 0.25) is 0 Å². The average Bonchev–Trinajstić information content (AvgIpc) is 2.92. The van der Waals surface area contributed by atoms with Crippen LogP contribution < -0.4 is 20.2 Å². The first-order chi connectivity index (χ1) is 11.0. The molecule has 0 radical (unpaired) electrons. The maximum absolute atomic E-state index is 11.6. The zero-order chi connectivity index (χ0) is 16.8. The van der Waals surface area contributed by atoms with Gasteiger partial charge in [-0.2, -0.15) is 5.10 Å². The number of nitrogens with one attached hydrogen (secondary N) is 2. The third-order valence-electron chi connectivity index (χ3n) is 2.91. The van der Waals surface area contributed by atoms with E-state index in [1.54, 1.807) is 12.1 Å². The van der Waals surface area contributed by atoms with Crippen LogP contribution in [0.15, 0.2) is 21.7 Å². The second-order valence-electron chi connectivity index (χ2n) is 5.39. The second kappa shape index (κ2) is 7.96. The lowest BCUT2D eigenvalue weighted by atomic mass is 10.2. The van der Waals surface area contributed by atoms with Crippen molar-refractivity contribution in [2.45, 2.75) is 20.3 Å². The number of hydrazone groups is 1. The topological polar surface area (TPSA) is 89.0 Å². The molecule has 0 spiro atoms. The molecule has 0 saturated heterocycles. The first-order valence-electron chi connectivity index (χ1n) is 7.13. The molecule has 0 aromatic heterocycles. The number of hydrogen-bond acceptors (Lipinski definition) is 5. The Morgan fingerprint density at radius 2 is 2.00 bits per heavy atom. The Kier molecular flexibility index (Phi) is 5.97. The summed E-state index contributed by atoms with van der Waals surface area (Å²) >= 11 is 3.39. The van der Waals surface area contributed by atoms with Crippen LogP contribution in [0.25, 0.3) is 0 Å². The number of carbonyl (C=O) groups excluding carboxylic acids is 2. The molecule has 7 nitrogen and oxygen atoms in total. The molecule has 1 aromatic rings. The number of hydrogen-bond donors (Lipinski definition) is 2. The van der Waals surface area contributed by atoms with E-state index >= 15 is 0 Å². The van der Waals surface area contributed by atoms with Crippen LogP contribution in [0, 0.1) is 5.92 Å². The standard InChI is InChI=1S/C15H18BrN3O4/c1-9(2)6-17-14(20)5-15(21)19-18-7-10-3-12-13(4-11(10)16)23-8-22-12/h3-4,7,9H,5-6,8H2,1-2H3,(H,17,20)(H,19,21)/b18-7-. The molecular weight excluding hydrogens is 366 g/mol. The summed E-state index contributed by atoms with van der Waals surface area (Å²) in [4.78, 5) is 23.1. The Morgan fingerprint density at radius 1 is 1.30 bits per heavy atom. The summed E-state index contributed by atoms with van der Waals surface area (Å²) in [5.74, 6) is 0.812. The fraction of sp³-hybridized carbons (Fsp3) is 0.400. The number of halogens is 1. The van der Waals surface area contributed by atoms with E-state index in [4.69, 9.17) is 9.47 Å². The summed E-state index contributed by atoms with van der Waals surface area (Å²) in [6.07, 6.45) is 1.21. The summed E-state index contributed by atoms with van der Waals surface area (Å²) in [6.45, 7) is 4.69. The lowest BCUT2D eigenvalue weighted by molar-refractivity contribution is -0.129. The number of amides is 2. The van der Waals surface area contributed by atoms with Crippen molar-refractivity contribution in [3.8, 4) is 11.5 Å². The minimum atomic E-state index is -0.473. The van der Waals surface area contributed by atoms with Crippen LogP contribution in [0.3, 0.4) is 0 Å². The SMILES string of the molecule is CC(C)CNC(=O)CC(=O)N/N=C\c1cc2c(cc1Br)OCO2. The maximum Gasteiger partial charge on any atom is 0.249 e. The summed E-state index contributed by atoms with van der Waals surface area (Å²) in [7, 11) is 0. The number of ether oxygens (including phenoxy) is 2. The van der Waals surface area contributed by atoms with E-state index in [0.717, 1.165) is 10.0 Å². The van der Waals surface area contributed by atoms with E-state index < -0.39 is 5.91 Å². The molecule has 2 rings (SSSR count). The van der Waals surface area contributed by atoms with Gasteiger partial charge in [-0.15, -0.1) is 0 Å². The zero-order valence-electron chi connectivity index (χ0n) is 12.9. The van der Waals surface area contributed by atoms with E-state index in [1.807, 2.05) is 13.8 Å². The smallest absolute Gasteiger partial charge is 0.249 e. The molecule has 1 aliphatic heterocycles. The molecule has 0 atom stereocenters. The molecular formula is C15H18BrN3O4. The van der Waals surface area contributed by atoms with Crippen LogP contribution in [0.5, 0.6) is 11.5 Å². The lowest BCUT2D eigenvalue weighted by Gasteiger charge is -2.06. The fourth-order valence-corrected chi connectivity index (χ4v) is 2.20. The molecule has 23 heavy (non-hydrogen) atoms. The Morgan fingerprint density at radius 3 is 2.70 bits per heavy atom. The van der Waals surface area contributed by atoms with E-state index in [1.165, 1.54) is 6.21 Å². The quantitative estimate of drug-likeness (QED) is 0.445. The van der Waals surface area contributed by atoms with Crippen molar-refractivity contribution in [1.29, 1.82) is 0 Å². The van der Waals surface area contributed by atoms with Gasteiger partial charge in [0.1, 0.15) is 6.42 Å². The van der Waals surface area contributed by atoms with Gasteiger partial charge in [-0.1, -0.05) is 13.8 Å². The van der Waals surface area contributed by atoms with E-state index in [0.29, 0.717) is 24.0 Å². The number of nitrogens with zero attached hydrogens (tertiary/aromatic N) is 1. The van der Waals surface area contributed by atoms with Gasteiger partial charge in [-0.3, -0.25) is 9.59 Å². The molecule has 1 aliphatic rings. The molecule has 0 fully saturated rings. The molecule has 1 heterocycles. The minimum Gasteiger partial charge on any atom is -0.454 e. The van der Waals surface area contributed by atoms with Crippen LogP contribution >= 0.6 is 15.9 Å². The molecule has 2 N–H and O–H groups in total. The van der Waals surface area contributed by atoms with Gasteiger partial charge in [-0.25, -0.2) is 5.43 Å². The van der Waals surface area contributed by atoms with Gasteiger partial charge in [0.25, 0.3) is 0 Å². The highest BCUT2D eigenvalue weighted by Gasteiger charge is 2.15. The summed E-state index contributed by atoms with van der Waals surface area (Å²) < 4.78 is 11.3. The zero-order valence-corrected chi connectivity index (χ0v) is 14.5. The first-order valence-corrected chi connectivity index (χ1v) is 7.92. The normalized spacial score (nSPS) is 12.7. The van der Waals surface area contributed by atoms with Gasteiger partial charge in [0.05, 0.1) is 6.21 Å². The summed E-state index contributed by atoms with van der Waals surface area (Å²) in [6, 6.07) is 3.52. The van der Waals surface area contributed by atoms with E-state index in [-0.39, 0.29) is 19.1 Å². The lowest BCUT2D eigenvalue weighted by Crippen LogP contribution is -2.32. The Labute approximate surface area is 142 Å². The van der Waals surface area contributed by atoms with Gasteiger partial charge in [0, 0.05) is 16.6 Å². The molecule has 0 saturated carbocycles. The number of rotatable bonds is 6. The number of carbonyl (C=O) groups is 2. The third kappa shape index (κ3) is 5.24. The summed E-state index contributed by atoms with van der Waals surface area (Å²) in [5, 5.41) is 6.51. The Balaban J connectivity index is 1.84. The molecule has 2 amide bonds. The average molecular weight is 384 g/mol. The van der Waals surface area contributed by atoms with Crippen LogP contribution in [0.4, 0.5) is 0 Å². The third-order valence-corrected chi connectivity index (χ3v) is 3.60. The van der Waals surface area contributed by atoms with Gasteiger partial charge in [-0.05, 0) is 34.0 Å². The molecule has 0 aliphatic carbocycles. The molecule has 8 heteroatoms. The maximum atomic E-state index is 11.6.